The molecular formula is C24H30N2O4. The molecule has 160 valence electrons. The van der Waals surface area contributed by atoms with Gasteiger partial charge in [0.15, 0.2) is 0 Å². The number of nitrogens with one attached hydrogen (secondary N) is 2. The lowest BCUT2D eigenvalue weighted by Crippen LogP contribution is -2.34. The van der Waals surface area contributed by atoms with Crippen LogP contribution in [0.5, 0.6) is 11.5 Å². The van der Waals surface area contributed by atoms with Crippen molar-refractivity contribution < 1.29 is 19.1 Å². The Hall–Kier alpha value is -3.02. The van der Waals surface area contributed by atoms with Gasteiger partial charge in [-0.15, -0.1) is 0 Å². The van der Waals surface area contributed by atoms with Gasteiger partial charge in [-0.3, -0.25) is 9.59 Å². The Morgan fingerprint density at radius 2 is 1.20 bits per heavy atom. The van der Waals surface area contributed by atoms with Gasteiger partial charge in [-0.05, 0) is 42.5 Å². The zero-order chi connectivity index (χ0) is 21.4. The third-order valence-corrected chi connectivity index (χ3v) is 5.75. The molecule has 0 spiro atoms. The molecule has 0 atom stereocenters. The largest absolute Gasteiger partial charge is 0.495 e. The van der Waals surface area contributed by atoms with Crippen molar-refractivity contribution in [2.45, 2.75) is 44.9 Å². The summed E-state index contributed by atoms with van der Waals surface area (Å²) in [5, 5.41) is 5.92. The molecule has 0 bridgehead atoms. The number of methoxy groups -OCH3 is 2. The van der Waals surface area contributed by atoms with Crippen LogP contribution in [0.3, 0.4) is 0 Å². The minimum Gasteiger partial charge on any atom is -0.495 e. The maximum Gasteiger partial charge on any atom is 0.225 e. The highest BCUT2D eigenvalue weighted by Crippen LogP contribution is 2.43. The highest BCUT2D eigenvalue weighted by atomic mass is 16.5. The molecule has 0 unspecified atom stereocenters. The SMILES string of the molecule is COc1ccccc1NC(=O)CC1(CC(=O)Nc2ccccc2OC)CCCCC1. The molecule has 0 aliphatic heterocycles. The monoisotopic (exact) mass is 410 g/mol. The molecule has 1 fully saturated rings. The van der Waals surface area contributed by atoms with Crippen molar-refractivity contribution in [3.05, 3.63) is 48.5 Å². The highest BCUT2D eigenvalue weighted by molar-refractivity contribution is 5.95. The fourth-order valence-electron chi connectivity index (χ4n) is 4.28. The molecule has 3 rings (SSSR count). The summed E-state index contributed by atoms with van der Waals surface area (Å²) in [6, 6.07) is 14.7. The van der Waals surface area contributed by atoms with Crippen LogP contribution < -0.4 is 20.1 Å². The lowest BCUT2D eigenvalue weighted by atomic mass is 9.69. The van der Waals surface area contributed by atoms with Crippen LogP contribution in [0.2, 0.25) is 0 Å². The van der Waals surface area contributed by atoms with Crippen molar-refractivity contribution in [2.75, 3.05) is 24.9 Å². The van der Waals surface area contributed by atoms with Crippen LogP contribution in [0.25, 0.3) is 0 Å². The molecule has 1 aliphatic carbocycles. The first-order valence-corrected chi connectivity index (χ1v) is 10.4. The Kier molecular flexibility index (Phi) is 7.33. The molecule has 6 nitrogen and oxygen atoms in total. The van der Waals surface area contributed by atoms with E-state index in [9.17, 15) is 9.59 Å². The standard InChI is InChI=1S/C24H30N2O4/c1-29-20-12-6-4-10-18(20)25-22(27)16-24(14-8-3-9-15-24)17-23(28)26-19-11-5-7-13-21(19)30-2/h4-7,10-13H,3,8-9,14-17H2,1-2H3,(H,25,27)(H,26,28). The minimum atomic E-state index is -0.337. The van der Waals surface area contributed by atoms with E-state index in [-0.39, 0.29) is 17.2 Å². The lowest BCUT2D eigenvalue weighted by Gasteiger charge is -2.36. The molecule has 1 aliphatic rings. The first-order chi connectivity index (χ1) is 14.5. The average molecular weight is 411 g/mol. The maximum atomic E-state index is 12.9. The summed E-state index contributed by atoms with van der Waals surface area (Å²) in [4.78, 5) is 25.8. The van der Waals surface area contributed by atoms with E-state index < -0.39 is 0 Å². The summed E-state index contributed by atoms with van der Waals surface area (Å²) in [5.74, 6) is 1.06. The summed E-state index contributed by atoms with van der Waals surface area (Å²) < 4.78 is 10.6. The van der Waals surface area contributed by atoms with Gasteiger partial charge in [0.25, 0.3) is 0 Å². The van der Waals surface area contributed by atoms with Crippen LogP contribution >= 0.6 is 0 Å². The number of carbonyl (C=O) groups is 2. The normalized spacial score (nSPS) is 15.1. The van der Waals surface area contributed by atoms with Gasteiger partial charge in [0.1, 0.15) is 11.5 Å². The maximum absolute atomic E-state index is 12.9. The van der Waals surface area contributed by atoms with E-state index in [2.05, 4.69) is 10.6 Å². The zero-order valence-corrected chi connectivity index (χ0v) is 17.7. The van der Waals surface area contributed by atoms with E-state index in [1.54, 1.807) is 14.2 Å². The predicted molar refractivity (Wildman–Crippen MR) is 118 cm³/mol. The second-order valence-electron chi connectivity index (χ2n) is 7.91. The minimum absolute atomic E-state index is 0.0912. The van der Waals surface area contributed by atoms with E-state index in [0.717, 1.165) is 32.1 Å². The average Bonchev–Trinajstić information content (AvgIpc) is 2.74. The second kappa shape index (κ2) is 10.1. The Bertz CT molecular complexity index is 810. The lowest BCUT2D eigenvalue weighted by molar-refractivity contribution is -0.122. The number of hydrogen-bond donors (Lipinski definition) is 2. The Balaban J connectivity index is 1.69. The molecule has 1 saturated carbocycles. The number of rotatable bonds is 8. The van der Waals surface area contributed by atoms with E-state index in [1.807, 2.05) is 48.5 Å². The van der Waals surface area contributed by atoms with Gasteiger partial charge < -0.3 is 20.1 Å². The summed E-state index contributed by atoms with van der Waals surface area (Å²) in [5.41, 5.74) is 0.958. The van der Waals surface area contributed by atoms with Crippen molar-refractivity contribution in [1.29, 1.82) is 0 Å². The van der Waals surface area contributed by atoms with Crippen LogP contribution in [0.15, 0.2) is 48.5 Å². The third-order valence-electron chi connectivity index (χ3n) is 5.75. The van der Waals surface area contributed by atoms with Crippen molar-refractivity contribution in [3.63, 3.8) is 0 Å². The van der Waals surface area contributed by atoms with Crippen molar-refractivity contribution in [3.8, 4) is 11.5 Å². The summed E-state index contributed by atoms with van der Waals surface area (Å²) >= 11 is 0. The molecular weight excluding hydrogens is 380 g/mol. The smallest absolute Gasteiger partial charge is 0.225 e. The van der Waals surface area contributed by atoms with Crippen molar-refractivity contribution in [1.82, 2.24) is 0 Å². The second-order valence-corrected chi connectivity index (χ2v) is 7.91. The molecule has 0 heterocycles. The molecule has 2 amide bonds. The van der Waals surface area contributed by atoms with E-state index >= 15 is 0 Å². The number of para-hydroxylation sites is 4. The van der Waals surface area contributed by atoms with Crippen LogP contribution in [0.1, 0.15) is 44.9 Å². The Morgan fingerprint density at radius 1 is 0.767 bits per heavy atom. The highest BCUT2D eigenvalue weighted by Gasteiger charge is 2.36. The van der Waals surface area contributed by atoms with Crippen molar-refractivity contribution >= 4 is 23.2 Å². The molecule has 0 radical (unpaired) electrons. The van der Waals surface area contributed by atoms with Gasteiger partial charge in [0.2, 0.25) is 11.8 Å². The number of hydrogen-bond acceptors (Lipinski definition) is 4. The molecule has 30 heavy (non-hydrogen) atoms. The first-order valence-electron chi connectivity index (χ1n) is 10.4. The number of anilines is 2. The fourth-order valence-corrected chi connectivity index (χ4v) is 4.28. The van der Waals surface area contributed by atoms with Gasteiger partial charge in [0.05, 0.1) is 25.6 Å². The van der Waals surface area contributed by atoms with Gasteiger partial charge in [-0.1, -0.05) is 43.5 Å². The molecule has 6 heteroatoms. The number of benzene rings is 2. The molecule has 0 saturated heterocycles. The van der Waals surface area contributed by atoms with Crippen LogP contribution in [0.4, 0.5) is 11.4 Å². The molecule has 2 aromatic rings. The summed E-state index contributed by atoms with van der Waals surface area (Å²) in [6.45, 7) is 0. The molecule has 2 aromatic carbocycles. The fraction of sp³-hybridized carbons (Fsp3) is 0.417. The Labute approximate surface area is 178 Å². The van der Waals surface area contributed by atoms with E-state index in [1.165, 1.54) is 0 Å². The van der Waals surface area contributed by atoms with Crippen molar-refractivity contribution in [2.24, 2.45) is 5.41 Å². The quantitative estimate of drug-likeness (QED) is 0.641. The zero-order valence-electron chi connectivity index (χ0n) is 17.7. The number of carbonyl (C=O) groups excluding carboxylic acids is 2. The first kappa shape index (κ1) is 21.7. The summed E-state index contributed by atoms with van der Waals surface area (Å²) in [6.07, 6.45) is 5.56. The number of ether oxygens (including phenoxy) is 2. The molecule has 0 aromatic heterocycles. The van der Waals surface area contributed by atoms with Crippen LogP contribution in [-0.4, -0.2) is 26.0 Å². The third kappa shape index (κ3) is 5.53. The number of amides is 2. The van der Waals surface area contributed by atoms with E-state index in [4.69, 9.17) is 9.47 Å². The van der Waals surface area contributed by atoms with Gasteiger partial charge in [0, 0.05) is 12.8 Å². The van der Waals surface area contributed by atoms with Gasteiger partial charge in [-0.25, -0.2) is 0 Å². The van der Waals surface area contributed by atoms with Crippen LogP contribution in [0, 0.1) is 5.41 Å². The van der Waals surface area contributed by atoms with Crippen LogP contribution in [-0.2, 0) is 9.59 Å². The Morgan fingerprint density at radius 3 is 1.63 bits per heavy atom. The predicted octanol–water partition coefficient (Wildman–Crippen LogP) is 5.01. The van der Waals surface area contributed by atoms with Gasteiger partial charge >= 0.3 is 0 Å². The van der Waals surface area contributed by atoms with Gasteiger partial charge in [-0.2, -0.15) is 0 Å². The summed E-state index contributed by atoms with van der Waals surface area (Å²) in [7, 11) is 3.16. The molecule has 2 N–H and O–H groups in total. The topological polar surface area (TPSA) is 76.7 Å². The van der Waals surface area contributed by atoms with E-state index in [0.29, 0.717) is 35.7 Å².